The van der Waals surface area contributed by atoms with Crippen LogP contribution in [-0.2, 0) is 13.6 Å². The third-order valence-electron chi connectivity index (χ3n) is 6.40. The lowest BCUT2D eigenvalue weighted by molar-refractivity contribution is 0.216. The predicted molar refractivity (Wildman–Crippen MR) is 144 cm³/mol. The van der Waals surface area contributed by atoms with Crippen LogP contribution in [0.2, 0.25) is 0 Å². The van der Waals surface area contributed by atoms with Gasteiger partial charge in [-0.15, -0.1) is 34.2 Å². The van der Waals surface area contributed by atoms with Crippen molar-refractivity contribution in [1.29, 1.82) is 0 Å². The average Bonchev–Trinajstić information content (AvgIpc) is 3.08. The van der Waals surface area contributed by atoms with Gasteiger partial charge in [0.25, 0.3) is 0 Å². The molecule has 32 heavy (non-hydrogen) atoms. The fraction of sp³-hybridized carbons (Fsp3) is 0.625. The number of para-hydroxylation sites is 1. The number of aliphatic imine (C=N–C) groups is 1. The van der Waals surface area contributed by atoms with Gasteiger partial charge in [0.2, 0.25) is 0 Å². The van der Waals surface area contributed by atoms with Crippen molar-refractivity contribution in [2.75, 3.05) is 25.0 Å². The number of guanidine groups is 1. The van der Waals surface area contributed by atoms with Gasteiger partial charge < -0.3 is 20.1 Å². The van der Waals surface area contributed by atoms with Crippen molar-refractivity contribution in [2.24, 2.45) is 17.5 Å². The number of benzene rings is 1. The first-order valence-electron chi connectivity index (χ1n) is 11.5. The molecule has 0 saturated heterocycles. The number of aromatic nitrogens is 3. The van der Waals surface area contributed by atoms with E-state index in [1.165, 1.54) is 31.4 Å². The van der Waals surface area contributed by atoms with Crippen molar-refractivity contribution in [3.8, 4) is 0 Å². The zero-order valence-electron chi connectivity index (χ0n) is 20.3. The summed E-state index contributed by atoms with van der Waals surface area (Å²) in [7, 11) is 4.13. The molecule has 0 aliphatic heterocycles. The van der Waals surface area contributed by atoms with Crippen LogP contribution in [0.15, 0.2) is 35.3 Å². The van der Waals surface area contributed by atoms with Crippen molar-refractivity contribution in [1.82, 2.24) is 25.4 Å². The second-order valence-corrected chi connectivity index (χ2v) is 9.51. The van der Waals surface area contributed by atoms with Crippen molar-refractivity contribution >= 4 is 35.6 Å². The molecule has 0 unspecified atom stereocenters. The first-order valence-corrected chi connectivity index (χ1v) is 11.5. The Labute approximate surface area is 210 Å². The molecule has 1 heterocycles. The van der Waals surface area contributed by atoms with E-state index >= 15 is 0 Å². The summed E-state index contributed by atoms with van der Waals surface area (Å²) in [6, 6.07) is 11.0. The van der Waals surface area contributed by atoms with Crippen LogP contribution in [0.1, 0.15) is 57.6 Å². The first kappa shape index (κ1) is 26.4. The Balaban J connectivity index is 0.00000363. The summed E-state index contributed by atoms with van der Waals surface area (Å²) in [4.78, 5) is 7.12. The summed E-state index contributed by atoms with van der Waals surface area (Å²) in [5.74, 6) is 2.67. The summed E-state index contributed by atoms with van der Waals surface area (Å²) >= 11 is 0. The highest BCUT2D eigenvalue weighted by molar-refractivity contribution is 14.0. The van der Waals surface area contributed by atoms with Crippen molar-refractivity contribution in [3.05, 3.63) is 42.0 Å². The maximum atomic E-state index is 4.83. The molecule has 3 rings (SSSR count). The summed E-state index contributed by atoms with van der Waals surface area (Å²) in [6.45, 7) is 9.09. The number of halogens is 1. The van der Waals surface area contributed by atoms with Crippen LogP contribution in [0, 0.1) is 12.3 Å². The third kappa shape index (κ3) is 7.94. The van der Waals surface area contributed by atoms with E-state index in [1.807, 2.05) is 18.5 Å². The van der Waals surface area contributed by atoms with Gasteiger partial charge in [-0.1, -0.05) is 32.0 Å². The van der Waals surface area contributed by atoms with Crippen LogP contribution in [0.5, 0.6) is 0 Å². The Kier molecular flexibility index (Phi) is 10.2. The quantitative estimate of drug-likeness (QED) is 0.221. The van der Waals surface area contributed by atoms with Crippen LogP contribution in [0.3, 0.4) is 0 Å². The first-order chi connectivity index (χ1) is 14.8. The number of nitrogens with zero attached hydrogens (tertiary/aromatic N) is 5. The van der Waals surface area contributed by atoms with Crippen LogP contribution in [0.4, 0.5) is 5.69 Å². The fourth-order valence-electron chi connectivity index (χ4n) is 3.96. The van der Waals surface area contributed by atoms with E-state index in [0.717, 1.165) is 37.1 Å². The molecular weight excluding hydrogens is 513 g/mol. The van der Waals surface area contributed by atoms with Gasteiger partial charge in [0.05, 0.1) is 0 Å². The lowest BCUT2D eigenvalue weighted by Gasteiger charge is -2.35. The van der Waals surface area contributed by atoms with Gasteiger partial charge in [-0.2, -0.15) is 0 Å². The summed E-state index contributed by atoms with van der Waals surface area (Å²) in [5, 5.41) is 15.6. The van der Waals surface area contributed by atoms with Crippen LogP contribution in [0.25, 0.3) is 0 Å². The molecule has 1 aliphatic carbocycles. The zero-order valence-corrected chi connectivity index (χ0v) is 22.6. The Morgan fingerprint density at radius 2 is 1.88 bits per heavy atom. The van der Waals surface area contributed by atoms with E-state index in [9.17, 15) is 0 Å². The van der Waals surface area contributed by atoms with Gasteiger partial charge >= 0.3 is 0 Å². The summed E-state index contributed by atoms with van der Waals surface area (Å²) in [6.07, 6.45) is 5.92. The topological polar surface area (TPSA) is 70.4 Å². The Hall–Kier alpha value is -1.84. The SMILES string of the molecule is Cc1nnc(CN=C(NCCCN(C)c2ccccc2)NC2CCC(C)(C)CC2)n1C.I. The van der Waals surface area contributed by atoms with E-state index in [0.29, 0.717) is 18.0 Å². The summed E-state index contributed by atoms with van der Waals surface area (Å²) in [5.41, 5.74) is 1.71. The molecule has 0 radical (unpaired) electrons. The molecule has 7 nitrogen and oxygen atoms in total. The standard InChI is InChI=1S/C24H39N7.HI/c1-19-28-29-22(31(19)5)18-26-23(27-20-12-14-24(2,3)15-13-20)25-16-9-17-30(4)21-10-7-6-8-11-21;/h6-8,10-11,20H,9,12-18H2,1-5H3,(H2,25,26,27);1H. The number of aryl methyl sites for hydroxylation is 1. The molecule has 2 N–H and O–H groups in total. The van der Waals surface area contributed by atoms with Crippen molar-refractivity contribution in [3.63, 3.8) is 0 Å². The molecular formula is C24H40IN7. The highest BCUT2D eigenvalue weighted by atomic mass is 127. The number of hydrogen-bond donors (Lipinski definition) is 2. The van der Waals surface area contributed by atoms with E-state index in [1.54, 1.807) is 0 Å². The van der Waals surface area contributed by atoms with E-state index < -0.39 is 0 Å². The normalized spacial score (nSPS) is 16.3. The minimum atomic E-state index is 0. The molecule has 0 spiro atoms. The van der Waals surface area contributed by atoms with Crippen molar-refractivity contribution in [2.45, 2.75) is 65.5 Å². The lowest BCUT2D eigenvalue weighted by atomic mass is 9.75. The minimum absolute atomic E-state index is 0. The van der Waals surface area contributed by atoms with Gasteiger partial charge in [-0.3, -0.25) is 0 Å². The minimum Gasteiger partial charge on any atom is -0.375 e. The average molecular weight is 554 g/mol. The largest absolute Gasteiger partial charge is 0.375 e. The highest BCUT2D eigenvalue weighted by Crippen LogP contribution is 2.34. The van der Waals surface area contributed by atoms with Crippen LogP contribution in [-0.4, -0.2) is 46.9 Å². The third-order valence-corrected chi connectivity index (χ3v) is 6.40. The maximum absolute atomic E-state index is 4.83. The fourth-order valence-corrected chi connectivity index (χ4v) is 3.96. The smallest absolute Gasteiger partial charge is 0.191 e. The van der Waals surface area contributed by atoms with Gasteiger partial charge in [-0.05, 0) is 56.6 Å². The Morgan fingerprint density at radius 3 is 2.50 bits per heavy atom. The summed E-state index contributed by atoms with van der Waals surface area (Å²) < 4.78 is 2.00. The molecule has 2 aromatic rings. The lowest BCUT2D eigenvalue weighted by Crippen LogP contribution is -2.46. The molecule has 0 atom stereocenters. The van der Waals surface area contributed by atoms with Crippen LogP contribution < -0.4 is 15.5 Å². The Bertz CT molecular complexity index is 837. The monoisotopic (exact) mass is 553 g/mol. The number of anilines is 1. The number of rotatable bonds is 8. The number of nitrogens with one attached hydrogen (secondary N) is 2. The molecule has 8 heteroatoms. The molecule has 1 fully saturated rings. The van der Waals surface area contributed by atoms with Crippen molar-refractivity contribution < 1.29 is 0 Å². The molecule has 1 aromatic carbocycles. The molecule has 1 saturated carbocycles. The van der Waals surface area contributed by atoms with E-state index in [4.69, 9.17) is 4.99 Å². The van der Waals surface area contributed by atoms with Gasteiger partial charge in [-0.25, -0.2) is 4.99 Å². The maximum Gasteiger partial charge on any atom is 0.191 e. The molecule has 1 aliphatic rings. The Morgan fingerprint density at radius 1 is 1.19 bits per heavy atom. The van der Waals surface area contributed by atoms with Crippen LogP contribution >= 0.6 is 24.0 Å². The zero-order chi connectivity index (χ0) is 22.3. The van der Waals surface area contributed by atoms with E-state index in [2.05, 4.69) is 77.0 Å². The number of hydrogen-bond acceptors (Lipinski definition) is 4. The van der Waals surface area contributed by atoms with Gasteiger partial charge in [0.15, 0.2) is 11.8 Å². The van der Waals surface area contributed by atoms with Gasteiger partial charge in [0, 0.05) is 38.9 Å². The second kappa shape index (κ2) is 12.4. The molecule has 178 valence electrons. The highest BCUT2D eigenvalue weighted by Gasteiger charge is 2.27. The molecule has 1 aromatic heterocycles. The van der Waals surface area contributed by atoms with Gasteiger partial charge in [0.1, 0.15) is 12.4 Å². The second-order valence-electron chi connectivity index (χ2n) is 9.51. The molecule has 0 bridgehead atoms. The van der Waals surface area contributed by atoms with E-state index in [-0.39, 0.29) is 24.0 Å². The predicted octanol–water partition coefficient (Wildman–Crippen LogP) is 4.27. The molecule has 0 amide bonds.